The van der Waals surface area contributed by atoms with E-state index in [0.717, 1.165) is 0 Å². The number of halogens is 4. The first kappa shape index (κ1) is 15.4. The first-order valence-electron chi connectivity index (χ1n) is 1.37. The number of hydrogen-bond donors (Lipinski definition) is 1. The van der Waals surface area contributed by atoms with Crippen LogP contribution in [0.4, 0.5) is 0 Å². The van der Waals surface area contributed by atoms with Crippen LogP contribution in [0.2, 0.25) is 0 Å². The van der Waals surface area contributed by atoms with Crippen molar-refractivity contribution >= 4 is 30.3 Å². The zero-order chi connectivity index (χ0) is 9.49. The van der Waals surface area contributed by atoms with Crippen LogP contribution < -0.4 is 30.4 Å². The minimum Gasteiger partial charge on any atom is -0.253 e. The van der Waals surface area contributed by atoms with E-state index in [1.807, 2.05) is 0 Å². The van der Waals surface area contributed by atoms with Crippen LogP contribution in [-0.2, 0) is 19.4 Å². The Bertz CT molecular complexity index is 79.6. The summed E-state index contributed by atoms with van der Waals surface area (Å²) < 4.78 is 30.6. The molecule has 0 aliphatic carbocycles. The van der Waals surface area contributed by atoms with Crippen molar-refractivity contribution in [1.29, 1.82) is 0 Å². The molecule has 0 spiro atoms. The van der Waals surface area contributed by atoms with Gasteiger partial charge in [0.05, 0.1) is 0 Å². The summed E-state index contributed by atoms with van der Waals surface area (Å²) in [5.74, 6) is 0. The fourth-order valence-electron chi connectivity index (χ4n) is 0.0345. The van der Waals surface area contributed by atoms with Gasteiger partial charge in [-0.3, -0.25) is 10.3 Å². The number of hydrogen-bond acceptors (Lipinski definition) is 6. The van der Waals surface area contributed by atoms with E-state index < -0.39 is 31.3 Å². The van der Waals surface area contributed by atoms with E-state index in [2.05, 4.69) is 8.26 Å². The second-order valence-electron chi connectivity index (χ2n) is 0.667. The van der Waals surface area contributed by atoms with Crippen LogP contribution in [0.5, 0.6) is 0 Å². The molecule has 0 heterocycles. The molecule has 0 saturated heterocycles. The van der Waals surface area contributed by atoms with Crippen molar-refractivity contribution in [1.82, 2.24) is 0 Å². The summed E-state index contributed by atoms with van der Waals surface area (Å²) >= 11 is -7.07. The molecule has 0 amide bonds. The van der Waals surface area contributed by atoms with E-state index in [9.17, 15) is 10.3 Å². The van der Waals surface area contributed by atoms with Crippen molar-refractivity contribution in [2.45, 2.75) is 0 Å². The first-order chi connectivity index (χ1) is 4.79. The standard InChI is InChI=1S/3ClH.Fe.HIO6/c;;;;2-1(3,4)6-7-5/h3*1H;;5H/q;;;+3;/p-3. The smallest absolute Gasteiger partial charge is 0.253 e. The minimum absolute atomic E-state index is 1.33. The summed E-state index contributed by atoms with van der Waals surface area (Å²) in [6, 6.07) is 0. The molecule has 73 valence electrons. The monoisotopic (exact) mass is 385 g/mol. The normalized spacial score (nSPS) is 11.7. The van der Waals surface area contributed by atoms with Crippen LogP contribution in [0.1, 0.15) is 0 Å². The van der Waals surface area contributed by atoms with Crippen LogP contribution in [0.15, 0.2) is 0 Å². The molecule has 0 unspecified atom stereocenters. The summed E-state index contributed by atoms with van der Waals surface area (Å²) in [5.41, 5.74) is 0. The van der Waals surface area contributed by atoms with E-state index in [1.54, 1.807) is 0 Å². The number of rotatable bonds is 2. The van der Waals surface area contributed by atoms with Crippen LogP contribution in [-0.4, -0.2) is 5.26 Å². The predicted octanol–water partition coefficient (Wildman–Crippen LogP) is -4.63. The van der Waals surface area contributed by atoms with Crippen molar-refractivity contribution < 1.29 is 55.1 Å². The van der Waals surface area contributed by atoms with Gasteiger partial charge in [0.15, 0.2) is 0 Å². The van der Waals surface area contributed by atoms with Crippen LogP contribution in [0.25, 0.3) is 0 Å². The third-order valence-corrected chi connectivity index (χ3v) is 0.707. The third-order valence-electron chi connectivity index (χ3n) is 0.105. The van der Waals surface area contributed by atoms with Gasteiger partial charge in [0, 0.05) is 5.04 Å². The van der Waals surface area contributed by atoms with Gasteiger partial charge in [0.25, 0.3) is 0 Å². The molecule has 11 heavy (non-hydrogen) atoms. The second-order valence-corrected chi connectivity index (χ2v) is 8.66. The Kier molecular flexibility index (Phi) is 11.8. The van der Waals surface area contributed by atoms with Crippen LogP contribution in [0.3, 0.4) is 0 Å². The third kappa shape index (κ3) is 33.5. The van der Waals surface area contributed by atoms with Crippen molar-refractivity contribution in [2.75, 3.05) is 0 Å². The van der Waals surface area contributed by atoms with Gasteiger partial charge in [-0.05, 0) is 0 Å². The average molecular weight is 386 g/mol. The molecule has 0 aromatic rings. The summed E-state index contributed by atoms with van der Waals surface area (Å²) in [6.45, 7) is 0. The van der Waals surface area contributed by atoms with Crippen molar-refractivity contribution in [3.8, 4) is 0 Å². The van der Waals surface area contributed by atoms with Gasteiger partial charge < -0.3 is 0 Å². The van der Waals surface area contributed by atoms with E-state index in [0.29, 0.717) is 0 Å². The predicted molar refractivity (Wildman–Crippen MR) is 22.4 cm³/mol. The molecule has 0 radical (unpaired) electrons. The SMILES string of the molecule is [Cl][Fe]([Cl])[Cl].[O-][I+3]([O-])([O-])OOO. The van der Waals surface area contributed by atoms with E-state index in [-0.39, 0.29) is 0 Å². The second kappa shape index (κ2) is 8.48. The largest absolute Gasteiger partial charge is 0.426 e. The molecule has 0 rings (SSSR count). The van der Waals surface area contributed by atoms with Gasteiger partial charge in [0.2, 0.25) is 3.22 Å². The molecular formula is HCl3FeIO6. The molecule has 11 heteroatoms. The van der Waals surface area contributed by atoms with Crippen LogP contribution >= 0.6 is 30.3 Å². The Balaban J connectivity index is 0. The quantitative estimate of drug-likeness (QED) is 0.222. The van der Waals surface area contributed by atoms with Gasteiger partial charge in [-0.25, -0.2) is 5.26 Å². The molecular weight excluding hydrogens is 385 g/mol. The van der Waals surface area contributed by atoms with Crippen molar-refractivity contribution in [3.63, 3.8) is 0 Å². The summed E-state index contributed by atoms with van der Waals surface area (Å²) in [5, 5.41) is 9.67. The fourth-order valence-corrected chi connectivity index (χ4v) is 0.231. The van der Waals surface area contributed by atoms with Crippen LogP contribution in [0, 0.1) is 0 Å². The van der Waals surface area contributed by atoms with Gasteiger partial charge in [-0.2, -0.15) is 0 Å². The summed E-state index contributed by atoms with van der Waals surface area (Å²) in [6.07, 6.45) is 0. The molecule has 0 aromatic heterocycles. The molecule has 6 nitrogen and oxygen atoms in total. The van der Waals surface area contributed by atoms with Crippen molar-refractivity contribution in [2.24, 2.45) is 0 Å². The van der Waals surface area contributed by atoms with Gasteiger partial charge >= 0.3 is 61.6 Å². The Hall–Kier alpha value is 1.88. The van der Waals surface area contributed by atoms with Gasteiger partial charge in [-0.1, -0.05) is 0 Å². The van der Waals surface area contributed by atoms with E-state index in [1.165, 1.54) is 0 Å². The molecule has 0 atom stereocenters. The molecule has 1 N–H and O–H groups in total. The van der Waals surface area contributed by atoms with Crippen molar-refractivity contribution in [3.05, 3.63) is 0 Å². The summed E-state index contributed by atoms with van der Waals surface area (Å²) in [7, 11) is 14.7. The fraction of sp³-hybridized carbons (Fsp3) is 0. The molecule has 0 aliphatic heterocycles. The maximum Gasteiger partial charge on any atom is 0.426 e. The Labute approximate surface area is 84.7 Å². The molecule has 0 fully saturated rings. The first-order valence-corrected chi connectivity index (χ1v) is 9.45. The average Bonchev–Trinajstić information content (AvgIpc) is 1.58. The topological polar surface area (TPSA) is 108 Å². The summed E-state index contributed by atoms with van der Waals surface area (Å²) in [4.78, 5) is 0. The zero-order valence-corrected chi connectivity index (χ0v) is 9.88. The van der Waals surface area contributed by atoms with E-state index in [4.69, 9.17) is 35.6 Å². The van der Waals surface area contributed by atoms with Gasteiger partial charge in [-0.15, -0.1) is 0 Å². The molecule has 0 aliphatic rings. The Morgan fingerprint density at radius 2 is 1.45 bits per heavy atom. The Morgan fingerprint density at radius 1 is 1.18 bits per heavy atom. The molecule has 0 bridgehead atoms. The zero-order valence-electron chi connectivity index (χ0n) is 4.35. The van der Waals surface area contributed by atoms with E-state index >= 15 is 0 Å². The Morgan fingerprint density at radius 3 is 1.45 bits per heavy atom. The maximum atomic E-state index is 9.27. The molecule has 0 aromatic carbocycles. The minimum atomic E-state index is -5.74. The maximum absolute atomic E-state index is 9.27. The molecule has 0 saturated carbocycles. The van der Waals surface area contributed by atoms with Gasteiger partial charge in [0.1, 0.15) is 0 Å².